The second-order valence-electron chi connectivity index (χ2n) is 8.07. The van der Waals surface area contributed by atoms with Gasteiger partial charge in [0.1, 0.15) is 7.11 Å². The van der Waals surface area contributed by atoms with Gasteiger partial charge in [-0.3, -0.25) is 14.4 Å². The van der Waals surface area contributed by atoms with Gasteiger partial charge in [0.25, 0.3) is 12.1 Å². The SMILES string of the molecule is C/C=C(\C)C(C)CC(C)(C)C(=O)NCCOCCNC(=O)c1c[n+](OC)c(C)cn1. The monoisotopic (exact) mass is 421 g/mol. The number of nitrogens with zero attached hydrogens (tertiary/aromatic N) is 2. The van der Waals surface area contributed by atoms with Crippen LogP contribution in [0.3, 0.4) is 0 Å². The molecule has 0 saturated heterocycles. The molecule has 0 aromatic carbocycles. The van der Waals surface area contributed by atoms with E-state index in [2.05, 4.69) is 35.5 Å². The van der Waals surface area contributed by atoms with Gasteiger partial charge in [-0.2, -0.15) is 0 Å². The Hall–Kier alpha value is -2.48. The fourth-order valence-electron chi connectivity index (χ4n) is 2.99. The number of rotatable bonds is 12. The van der Waals surface area contributed by atoms with E-state index in [1.54, 1.807) is 6.20 Å². The van der Waals surface area contributed by atoms with Gasteiger partial charge in [-0.15, -0.1) is 0 Å². The van der Waals surface area contributed by atoms with Gasteiger partial charge in [-0.05, 0) is 26.2 Å². The summed E-state index contributed by atoms with van der Waals surface area (Å²) in [4.78, 5) is 33.8. The average Bonchev–Trinajstić information content (AvgIpc) is 2.71. The second-order valence-corrected chi connectivity index (χ2v) is 8.07. The van der Waals surface area contributed by atoms with E-state index in [1.807, 2.05) is 27.7 Å². The van der Waals surface area contributed by atoms with Crippen LogP contribution >= 0.6 is 0 Å². The summed E-state index contributed by atoms with van der Waals surface area (Å²) in [6.07, 6.45) is 5.98. The molecule has 0 saturated carbocycles. The van der Waals surface area contributed by atoms with E-state index >= 15 is 0 Å². The Labute approximate surface area is 180 Å². The summed E-state index contributed by atoms with van der Waals surface area (Å²) >= 11 is 0. The molecule has 0 bridgehead atoms. The van der Waals surface area contributed by atoms with E-state index in [1.165, 1.54) is 23.6 Å². The van der Waals surface area contributed by atoms with Gasteiger partial charge in [-0.1, -0.05) is 32.4 Å². The number of hydrogen-bond donors (Lipinski definition) is 2. The molecule has 30 heavy (non-hydrogen) atoms. The molecule has 1 atom stereocenters. The molecule has 8 heteroatoms. The molecule has 8 nitrogen and oxygen atoms in total. The van der Waals surface area contributed by atoms with Gasteiger partial charge in [0.05, 0.1) is 19.4 Å². The van der Waals surface area contributed by atoms with Crippen molar-refractivity contribution in [2.24, 2.45) is 11.3 Å². The van der Waals surface area contributed by atoms with Gasteiger partial charge in [-0.25, -0.2) is 4.98 Å². The smallest absolute Gasteiger partial charge is 0.276 e. The van der Waals surface area contributed by atoms with Crippen molar-refractivity contribution in [1.29, 1.82) is 0 Å². The Bertz CT molecular complexity index is 747. The van der Waals surface area contributed by atoms with Gasteiger partial charge in [0.2, 0.25) is 11.6 Å². The molecule has 2 amide bonds. The van der Waals surface area contributed by atoms with E-state index in [-0.39, 0.29) is 17.5 Å². The van der Waals surface area contributed by atoms with Crippen LogP contribution in [0.2, 0.25) is 0 Å². The standard InChI is InChI=1S/C22H36N4O4/c1-8-16(2)17(3)13-22(5,6)21(28)24-10-12-30-11-9-23-20(27)19-15-26(29-7)18(4)14-25-19/h8,14-15,17H,9-13H2,1-7H3,(H-,23,24,27,28)/p+1/b16-8+. The predicted molar refractivity (Wildman–Crippen MR) is 115 cm³/mol. The Morgan fingerprint density at radius 1 is 1.27 bits per heavy atom. The molecule has 1 aromatic rings. The van der Waals surface area contributed by atoms with Gasteiger partial charge in [0.15, 0.2) is 5.69 Å². The summed E-state index contributed by atoms with van der Waals surface area (Å²) < 4.78 is 6.97. The second kappa shape index (κ2) is 12.3. The van der Waals surface area contributed by atoms with Crippen LogP contribution in [0, 0.1) is 18.3 Å². The number of aromatic nitrogens is 2. The maximum absolute atomic E-state index is 12.5. The predicted octanol–water partition coefficient (Wildman–Crippen LogP) is 1.62. The molecule has 0 radical (unpaired) electrons. The number of allylic oxidation sites excluding steroid dienone is 2. The zero-order valence-corrected chi connectivity index (χ0v) is 19.4. The van der Waals surface area contributed by atoms with Gasteiger partial charge in [0, 0.05) is 30.2 Å². The summed E-state index contributed by atoms with van der Waals surface area (Å²) in [5, 5.41) is 5.67. The van der Waals surface area contributed by atoms with Crippen LogP contribution in [0.5, 0.6) is 0 Å². The van der Waals surface area contributed by atoms with Crippen molar-refractivity contribution in [1.82, 2.24) is 15.6 Å². The molecule has 1 heterocycles. The van der Waals surface area contributed by atoms with E-state index in [9.17, 15) is 9.59 Å². The van der Waals surface area contributed by atoms with E-state index in [0.29, 0.717) is 32.2 Å². The fraction of sp³-hybridized carbons (Fsp3) is 0.636. The summed E-state index contributed by atoms with van der Waals surface area (Å²) in [6, 6.07) is 0. The minimum atomic E-state index is -0.447. The highest BCUT2D eigenvalue weighted by Gasteiger charge is 2.29. The lowest BCUT2D eigenvalue weighted by atomic mass is 9.80. The first-order valence-corrected chi connectivity index (χ1v) is 10.3. The molecule has 0 spiro atoms. The molecule has 0 aliphatic rings. The first kappa shape index (κ1) is 25.6. The molecule has 168 valence electrons. The topological polar surface area (TPSA) is 93.4 Å². The number of hydrogen-bond acceptors (Lipinski definition) is 5. The molecule has 1 unspecified atom stereocenters. The molecule has 1 rings (SSSR count). The largest absolute Gasteiger partial charge is 0.378 e. The zero-order valence-electron chi connectivity index (χ0n) is 19.4. The maximum Gasteiger partial charge on any atom is 0.276 e. The van der Waals surface area contributed by atoms with Crippen LogP contribution in [0.15, 0.2) is 24.0 Å². The summed E-state index contributed by atoms with van der Waals surface area (Å²) in [5.41, 5.74) is 1.89. The van der Waals surface area contributed by atoms with Crippen molar-refractivity contribution in [2.45, 2.75) is 48.0 Å². The Morgan fingerprint density at radius 3 is 2.50 bits per heavy atom. The third-order valence-corrected chi connectivity index (χ3v) is 5.13. The molecule has 0 aliphatic heterocycles. The third-order valence-electron chi connectivity index (χ3n) is 5.13. The molecule has 2 N–H and O–H groups in total. The molecule has 0 aliphatic carbocycles. The highest BCUT2D eigenvalue weighted by Crippen LogP contribution is 2.29. The van der Waals surface area contributed by atoms with Gasteiger partial charge >= 0.3 is 0 Å². The Balaban J connectivity index is 2.26. The Kier molecular flexibility index (Phi) is 10.5. The highest BCUT2D eigenvalue weighted by molar-refractivity contribution is 5.91. The van der Waals surface area contributed by atoms with Crippen molar-refractivity contribution in [3.05, 3.63) is 35.4 Å². The molecule has 1 aromatic heterocycles. The third kappa shape index (κ3) is 8.10. The molecular formula is C22H37N4O4+. The highest BCUT2D eigenvalue weighted by atomic mass is 16.6. The number of ether oxygens (including phenoxy) is 1. The lowest BCUT2D eigenvalue weighted by Gasteiger charge is -2.27. The number of aryl methyl sites for hydroxylation is 1. The molecular weight excluding hydrogens is 384 g/mol. The van der Waals surface area contributed by atoms with Crippen molar-refractivity contribution < 1.29 is 23.9 Å². The van der Waals surface area contributed by atoms with Crippen LogP contribution in [-0.2, 0) is 9.53 Å². The minimum Gasteiger partial charge on any atom is -0.378 e. The van der Waals surface area contributed by atoms with Crippen molar-refractivity contribution in [3.8, 4) is 0 Å². The first-order chi connectivity index (χ1) is 14.1. The lowest BCUT2D eigenvalue weighted by Crippen LogP contribution is -2.45. The summed E-state index contributed by atoms with van der Waals surface area (Å²) in [6.45, 7) is 13.5. The van der Waals surface area contributed by atoms with E-state index in [0.717, 1.165) is 12.1 Å². The number of nitrogens with one attached hydrogen (secondary N) is 2. The minimum absolute atomic E-state index is 0.0204. The average molecular weight is 422 g/mol. The normalized spacial score (nSPS) is 13.0. The zero-order chi connectivity index (χ0) is 22.7. The van der Waals surface area contributed by atoms with Crippen molar-refractivity contribution in [3.63, 3.8) is 0 Å². The summed E-state index contributed by atoms with van der Waals surface area (Å²) in [5.74, 6) is 0.0778. The lowest BCUT2D eigenvalue weighted by molar-refractivity contribution is -0.890. The van der Waals surface area contributed by atoms with Gasteiger partial charge < -0.3 is 15.4 Å². The van der Waals surface area contributed by atoms with Crippen molar-refractivity contribution in [2.75, 3.05) is 33.4 Å². The first-order valence-electron chi connectivity index (χ1n) is 10.3. The fourth-order valence-corrected chi connectivity index (χ4v) is 2.99. The van der Waals surface area contributed by atoms with E-state index < -0.39 is 5.41 Å². The Morgan fingerprint density at radius 2 is 1.90 bits per heavy atom. The van der Waals surface area contributed by atoms with E-state index in [4.69, 9.17) is 9.57 Å². The quantitative estimate of drug-likeness (QED) is 0.304. The molecule has 0 fully saturated rings. The maximum atomic E-state index is 12.5. The van der Waals surface area contributed by atoms with Crippen LogP contribution in [0.25, 0.3) is 0 Å². The van der Waals surface area contributed by atoms with Crippen LogP contribution < -0.4 is 20.2 Å². The number of carbonyl (C=O) groups excluding carboxylic acids is 2. The number of amides is 2. The van der Waals surface area contributed by atoms with Crippen molar-refractivity contribution >= 4 is 11.8 Å². The summed E-state index contributed by atoms with van der Waals surface area (Å²) in [7, 11) is 1.52. The number of carbonyl (C=O) groups is 2. The van der Waals surface area contributed by atoms with Crippen LogP contribution in [0.4, 0.5) is 0 Å². The van der Waals surface area contributed by atoms with Crippen LogP contribution in [-0.4, -0.2) is 50.2 Å². The van der Waals surface area contributed by atoms with Crippen LogP contribution in [0.1, 0.15) is 57.2 Å².